The number of unbranched alkanes of at least 4 members (excludes halogenated alkanes) is 35. The third-order valence-electron chi connectivity index (χ3n) is 16.9. The van der Waals surface area contributed by atoms with Crippen molar-refractivity contribution in [2.24, 2.45) is 0 Å². The Bertz CT molecular complexity index is 2230. The second-order valence-corrected chi connectivity index (χ2v) is 29.5. The van der Waals surface area contributed by atoms with E-state index in [2.05, 4.69) is 113 Å². The molecule has 0 heterocycles. The van der Waals surface area contributed by atoms with Crippen LogP contribution in [0.4, 0.5) is 0 Å². The van der Waals surface area contributed by atoms with E-state index in [4.69, 9.17) is 37.0 Å². The third kappa shape index (κ3) is 72.6. The Balaban J connectivity index is 5.34. The maximum absolute atomic E-state index is 13.1. The highest BCUT2D eigenvalue weighted by molar-refractivity contribution is 7.47. The van der Waals surface area contributed by atoms with Crippen LogP contribution in [0.1, 0.15) is 349 Å². The zero-order chi connectivity index (χ0) is 73.2. The van der Waals surface area contributed by atoms with Gasteiger partial charge in [-0.1, -0.05) is 305 Å². The molecule has 19 heteroatoms. The molecule has 0 aromatic rings. The van der Waals surface area contributed by atoms with Crippen molar-refractivity contribution >= 4 is 39.5 Å². The number of aliphatic hydroxyl groups excluding tert-OH is 1. The average molecular weight is 1450 g/mol. The van der Waals surface area contributed by atoms with E-state index in [1.54, 1.807) is 0 Å². The van der Waals surface area contributed by atoms with E-state index in [0.717, 1.165) is 154 Å². The normalized spacial score (nSPS) is 14.3. The van der Waals surface area contributed by atoms with Crippen molar-refractivity contribution in [1.29, 1.82) is 0 Å². The monoisotopic (exact) mass is 1450 g/mol. The van der Waals surface area contributed by atoms with Gasteiger partial charge in [0.05, 0.1) is 26.4 Å². The number of carbonyl (C=O) groups is 4. The van der Waals surface area contributed by atoms with Crippen LogP contribution in [-0.4, -0.2) is 96.7 Å². The number of hydrogen-bond donors (Lipinski definition) is 3. The molecule has 0 amide bonds. The highest BCUT2D eigenvalue weighted by atomic mass is 31.2. The minimum absolute atomic E-state index is 0.0651. The van der Waals surface area contributed by atoms with Gasteiger partial charge in [-0.2, -0.15) is 0 Å². The molecule has 0 saturated carbocycles. The predicted molar refractivity (Wildman–Crippen MR) is 409 cm³/mol. The zero-order valence-corrected chi connectivity index (χ0v) is 65.2. The fourth-order valence-electron chi connectivity index (χ4n) is 10.8. The first-order valence-corrected chi connectivity index (χ1v) is 42.8. The molecule has 0 aliphatic carbocycles. The third-order valence-corrected chi connectivity index (χ3v) is 18.8. The molecule has 5 atom stereocenters. The molecule has 0 aromatic carbocycles. The fraction of sp³-hybridized carbons (Fsp3) is 0.778. The first-order chi connectivity index (χ1) is 48.7. The van der Waals surface area contributed by atoms with E-state index in [0.29, 0.717) is 25.7 Å². The molecule has 3 N–H and O–H groups in total. The Labute approximate surface area is 608 Å². The first kappa shape index (κ1) is 96.2. The van der Waals surface area contributed by atoms with Crippen molar-refractivity contribution in [2.75, 3.05) is 39.6 Å². The summed E-state index contributed by atoms with van der Waals surface area (Å²) in [7, 11) is -9.95. The molecule has 17 nitrogen and oxygen atoms in total. The van der Waals surface area contributed by atoms with Gasteiger partial charge in [0.25, 0.3) is 0 Å². The summed E-state index contributed by atoms with van der Waals surface area (Å²) >= 11 is 0. The number of ether oxygens (including phenoxy) is 4. The summed E-state index contributed by atoms with van der Waals surface area (Å²) in [5, 5.41) is 10.6. The lowest BCUT2D eigenvalue weighted by atomic mass is 10.0. The molecule has 0 fully saturated rings. The summed E-state index contributed by atoms with van der Waals surface area (Å²) in [6.07, 6.45) is 75.6. The number of carbonyl (C=O) groups excluding carboxylic acids is 4. The molecular formula is C81H144O17P2. The summed E-state index contributed by atoms with van der Waals surface area (Å²) < 4.78 is 68.5. The molecule has 0 radical (unpaired) electrons. The van der Waals surface area contributed by atoms with Crippen molar-refractivity contribution in [3.63, 3.8) is 0 Å². The highest BCUT2D eigenvalue weighted by Gasteiger charge is 2.30. The second kappa shape index (κ2) is 73.5. The number of rotatable bonds is 75. The summed E-state index contributed by atoms with van der Waals surface area (Å²) in [5.74, 6) is -2.19. The molecule has 580 valence electrons. The van der Waals surface area contributed by atoms with Crippen molar-refractivity contribution in [3.8, 4) is 0 Å². The van der Waals surface area contributed by atoms with Crippen LogP contribution in [0.25, 0.3) is 0 Å². The number of aliphatic hydroxyl groups is 1. The Morgan fingerprint density at radius 2 is 0.520 bits per heavy atom. The number of allylic oxidation sites excluding steroid dienone is 14. The lowest BCUT2D eigenvalue weighted by molar-refractivity contribution is -0.161. The van der Waals surface area contributed by atoms with Gasteiger partial charge >= 0.3 is 39.5 Å². The Morgan fingerprint density at radius 1 is 0.290 bits per heavy atom. The number of phosphoric acid groups is 2. The van der Waals surface area contributed by atoms with E-state index in [-0.39, 0.29) is 25.7 Å². The number of hydrogen-bond acceptors (Lipinski definition) is 15. The summed E-state index contributed by atoms with van der Waals surface area (Å²) in [5.41, 5.74) is 0. The van der Waals surface area contributed by atoms with Gasteiger partial charge in [-0.25, -0.2) is 9.13 Å². The second-order valence-electron chi connectivity index (χ2n) is 26.6. The number of phosphoric ester groups is 2. The van der Waals surface area contributed by atoms with Gasteiger partial charge in [0.15, 0.2) is 12.2 Å². The lowest BCUT2D eigenvalue weighted by Gasteiger charge is -2.21. The van der Waals surface area contributed by atoms with Crippen LogP contribution in [0.5, 0.6) is 0 Å². The zero-order valence-electron chi connectivity index (χ0n) is 63.4. The van der Waals surface area contributed by atoms with E-state index in [1.807, 2.05) is 0 Å². The predicted octanol–water partition coefficient (Wildman–Crippen LogP) is 23.0. The van der Waals surface area contributed by atoms with E-state index in [1.165, 1.54) is 116 Å². The summed E-state index contributed by atoms with van der Waals surface area (Å²) in [6, 6.07) is 0. The topological polar surface area (TPSA) is 237 Å². The summed E-state index contributed by atoms with van der Waals surface area (Å²) in [6.45, 7) is 4.73. The van der Waals surface area contributed by atoms with Gasteiger partial charge in [0, 0.05) is 25.7 Å². The Hall–Kier alpha value is -3.76. The van der Waals surface area contributed by atoms with Crippen molar-refractivity contribution in [3.05, 3.63) is 85.1 Å². The summed E-state index contributed by atoms with van der Waals surface area (Å²) in [4.78, 5) is 72.9. The van der Waals surface area contributed by atoms with E-state index in [9.17, 15) is 43.2 Å². The van der Waals surface area contributed by atoms with Gasteiger partial charge in [-0.3, -0.25) is 37.3 Å². The fourth-order valence-corrected chi connectivity index (χ4v) is 12.4. The molecule has 0 aliphatic rings. The largest absolute Gasteiger partial charge is 0.472 e. The minimum Gasteiger partial charge on any atom is -0.462 e. The molecule has 0 rings (SSSR count). The molecule has 5 unspecified atom stereocenters. The molecule has 100 heavy (non-hydrogen) atoms. The van der Waals surface area contributed by atoms with Crippen molar-refractivity contribution in [2.45, 2.75) is 367 Å². The molecule has 0 aliphatic heterocycles. The van der Waals surface area contributed by atoms with E-state index < -0.39 is 97.5 Å². The van der Waals surface area contributed by atoms with Crippen LogP contribution < -0.4 is 0 Å². The average Bonchev–Trinajstić information content (AvgIpc) is 1.05. The van der Waals surface area contributed by atoms with Crippen LogP contribution >= 0.6 is 15.6 Å². The van der Waals surface area contributed by atoms with Crippen LogP contribution in [0.15, 0.2) is 85.1 Å². The minimum atomic E-state index is -4.98. The smallest absolute Gasteiger partial charge is 0.462 e. The molecule has 0 spiro atoms. The van der Waals surface area contributed by atoms with Crippen LogP contribution in [0.2, 0.25) is 0 Å². The van der Waals surface area contributed by atoms with E-state index >= 15 is 0 Å². The van der Waals surface area contributed by atoms with Crippen LogP contribution in [0, 0.1) is 0 Å². The van der Waals surface area contributed by atoms with Crippen LogP contribution in [0.3, 0.4) is 0 Å². The van der Waals surface area contributed by atoms with Crippen molar-refractivity contribution in [1.82, 2.24) is 0 Å². The van der Waals surface area contributed by atoms with Gasteiger partial charge in [0.1, 0.15) is 19.3 Å². The highest BCUT2D eigenvalue weighted by Crippen LogP contribution is 2.45. The first-order valence-electron chi connectivity index (χ1n) is 39.8. The standard InChI is InChI=1S/C81H144O17P2/c1-5-9-13-17-21-25-29-32-34-36-37-39-40-43-47-50-54-58-62-66-79(84)92-72-77(98-81(86)68-64-60-56-52-48-44-41-38-35-33-30-26-22-18-14-10-6-2)74-96-100(89,90)94-70-75(82)69-93-99(87,88)95-73-76(97-80(85)67-63-59-55-51-45-28-24-20-16-12-8-4)71-91-78(83)65-61-57-53-49-46-42-31-27-23-19-15-11-7-3/h10,14,21-22,25-26,32-35,37,39,41,44,75-77,82H,5-9,11-13,15-20,23-24,27-31,36,38,40,42-43,45-74H2,1-4H3,(H,87,88)(H,89,90)/b14-10-,25-21-,26-22-,34-32-,35-33-,39-37-,44-41-. The Kier molecular flexibility index (Phi) is 70.8. The van der Waals surface area contributed by atoms with Gasteiger partial charge in [-0.05, 0) is 103 Å². The van der Waals surface area contributed by atoms with Crippen molar-refractivity contribution < 1.29 is 80.2 Å². The maximum atomic E-state index is 13.1. The van der Waals surface area contributed by atoms with Crippen LogP contribution in [-0.2, 0) is 65.4 Å². The Morgan fingerprint density at radius 3 is 0.820 bits per heavy atom. The maximum Gasteiger partial charge on any atom is 0.472 e. The van der Waals surface area contributed by atoms with Gasteiger partial charge < -0.3 is 33.8 Å². The lowest BCUT2D eigenvalue weighted by Crippen LogP contribution is -2.30. The van der Waals surface area contributed by atoms with Gasteiger partial charge in [-0.15, -0.1) is 0 Å². The molecule has 0 bridgehead atoms. The molecular weight excluding hydrogens is 1310 g/mol. The van der Waals surface area contributed by atoms with Gasteiger partial charge in [0.2, 0.25) is 0 Å². The molecule has 0 aromatic heterocycles. The SMILES string of the molecule is CC/C=C\C/C=C\C/C=C\C/C=C\CCCCCCC(=O)OC(COC(=O)CCCCCCCC/C=C\C/C=C\C/C=C\CCCCC)COP(=O)(O)OCC(O)COP(=O)(O)OCC(COC(=O)CCCCCCCCCCCCCCC)OC(=O)CCCCCCCCCCCCC. The quantitative estimate of drug-likeness (QED) is 0.0169. The molecule has 0 saturated heterocycles. The number of esters is 4.